The van der Waals surface area contributed by atoms with E-state index >= 15 is 0 Å². The third-order valence-corrected chi connectivity index (χ3v) is 3.20. The zero-order chi connectivity index (χ0) is 15.9. The van der Waals surface area contributed by atoms with Gasteiger partial charge < -0.3 is 5.32 Å². The lowest BCUT2D eigenvalue weighted by Crippen LogP contribution is -2.30. The summed E-state index contributed by atoms with van der Waals surface area (Å²) in [7, 11) is 0. The van der Waals surface area contributed by atoms with Crippen LogP contribution in [-0.4, -0.2) is 37.6 Å². The number of amides is 1. The molecular formula is C16H16N6O. The first-order valence-electron chi connectivity index (χ1n) is 7.31. The van der Waals surface area contributed by atoms with E-state index < -0.39 is 0 Å². The highest BCUT2D eigenvalue weighted by Gasteiger charge is 2.08. The van der Waals surface area contributed by atoms with Gasteiger partial charge in [-0.05, 0) is 17.3 Å². The van der Waals surface area contributed by atoms with Gasteiger partial charge in [0.1, 0.15) is 6.54 Å². The Bertz CT molecular complexity index is 757. The summed E-state index contributed by atoms with van der Waals surface area (Å²) in [6.45, 7) is 0.568. The van der Waals surface area contributed by atoms with Gasteiger partial charge in [-0.15, -0.1) is 10.2 Å². The van der Waals surface area contributed by atoms with E-state index in [9.17, 15) is 4.79 Å². The summed E-state index contributed by atoms with van der Waals surface area (Å²) >= 11 is 0. The fourth-order valence-corrected chi connectivity index (χ4v) is 2.07. The number of aromatic nitrogens is 5. The van der Waals surface area contributed by atoms with Gasteiger partial charge in [0.2, 0.25) is 11.7 Å². The molecule has 0 radical (unpaired) electrons. The van der Waals surface area contributed by atoms with Gasteiger partial charge >= 0.3 is 0 Å². The lowest BCUT2D eigenvalue weighted by atomic mass is 10.2. The van der Waals surface area contributed by atoms with Crippen LogP contribution in [-0.2, 0) is 17.8 Å². The van der Waals surface area contributed by atoms with Gasteiger partial charge in [-0.3, -0.25) is 9.78 Å². The van der Waals surface area contributed by atoms with Crippen molar-refractivity contribution in [1.82, 2.24) is 30.5 Å². The third-order valence-electron chi connectivity index (χ3n) is 3.20. The molecule has 0 spiro atoms. The van der Waals surface area contributed by atoms with E-state index in [2.05, 4.69) is 25.7 Å². The number of nitrogens with zero attached hydrogens (tertiary/aromatic N) is 5. The lowest BCUT2D eigenvalue weighted by Gasteiger charge is -2.03. The van der Waals surface area contributed by atoms with Crippen LogP contribution >= 0.6 is 0 Å². The molecule has 0 saturated heterocycles. The lowest BCUT2D eigenvalue weighted by molar-refractivity contribution is -0.122. The van der Waals surface area contributed by atoms with Crippen LogP contribution in [0.5, 0.6) is 0 Å². The normalized spacial score (nSPS) is 10.4. The summed E-state index contributed by atoms with van der Waals surface area (Å²) < 4.78 is 0. The Morgan fingerprint density at radius 1 is 1.09 bits per heavy atom. The molecule has 0 aliphatic rings. The molecule has 1 amide bonds. The second-order valence-electron chi connectivity index (χ2n) is 4.93. The Morgan fingerprint density at radius 2 is 1.91 bits per heavy atom. The Hall–Kier alpha value is -3.09. The number of benzene rings is 1. The average Bonchev–Trinajstić information content (AvgIpc) is 3.05. The SMILES string of the molecule is O=C(Cn1nnc(-c2ccccc2)n1)NCCc1ccccn1. The van der Waals surface area contributed by atoms with E-state index in [1.807, 2.05) is 48.5 Å². The molecule has 1 aromatic carbocycles. The molecule has 0 fully saturated rings. The van der Waals surface area contributed by atoms with Crippen molar-refractivity contribution < 1.29 is 4.79 Å². The van der Waals surface area contributed by atoms with Crippen molar-refractivity contribution in [3.05, 3.63) is 60.4 Å². The minimum Gasteiger partial charge on any atom is -0.354 e. The first-order chi connectivity index (χ1) is 11.3. The second-order valence-corrected chi connectivity index (χ2v) is 4.93. The molecule has 116 valence electrons. The van der Waals surface area contributed by atoms with Crippen LogP contribution in [0.2, 0.25) is 0 Å². The van der Waals surface area contributed by atoms with E-state index in [1.165, 1.54) is 4.80 Å². The molecule has 0 bridgehead atoms. The van der Waals surface area contributed by atoms with Crippen LogP contribution in [0.3, 0.4) is 0 Å². The number of nitrogens with one attached hydrogen (secondary N) is 1. The smallest absolute Gasteiger partial charge is 0.243 e. The summed E-state index contributed by atoms with van der Waals surface area (Å²) in [5, 5.41) is 14.9. The third kappa shape index (κ3) is 4.19. The van der Waals surface area contributed by atoms with Gasteiger partial charge in [-0.25, -0.2) is 0 Å². The second kappa shape index (κ2) is 7.26. The summed E-state index contributed by atoms with van der Waals surface area (Å²) in [4.78, 5) is 17.4. The Morgan fingerprint density at radius 3 is 2.70 bits per heavy atom. The van der Waals surface area contributed by atoms with Crippen molar-refractivity contribution in [3.8, 4) is 11.4 Å². The molecule has 0 saturated carbocycles. The standard InChI is InChI=1S/C16H16N6O/c23-15(18-11-9-14-8-4-5-10-17-14)12-22-20-16(19-21-22)13-6-2-1-3-7-13/h1-8,10H,9,11-12H2,(H,18,23). The van der Waals surface area contributed by atoms with Crippen LogP contribution in [0.1, 0.15) is 5.69 Å². The predicted octanol–water partition coefficient (Wildman–Crippen LogP) is 1.09. The molecule has 2 heterocycles. The number of carbonyl (C=O) groups excluding carboxylic acids is 1. The Kier molecular flexibility index (Phi) is 4.68. The number of hydrogen-bond acceptors (Lipinski definition) is 5. The van der Waals surface area contributed by atoms with E-state index in [1.54, 1.807) is 6.20 Å². The van der Waals surface area contributed by atoms with Gasteiger partial charge in [0.15, 0.2) is 0 Å². The maximum atomic E-state index is 11.9. The number of hydrogen-bond donors (Lipinski definition) is 1. The van der Waals surface area contributed by atoms with Crippen molar-refractivity contribution in [1.29, 1.82) is 0 Å². The molecule has 2 aromatic heterocycles. The minimum atomic E-state index is -0.155. The van der Waals surface area contributed by atoms with Crippen molar-refractivity contribution in [2.75, 3.05) is 6.54 Å². The van der Waals surface area contributed by atoms with Gasteiger partial charge in [-0.1, -0.05) is 36.4 Å². The van der Waals surface area contributed by atoms with Gasteiger partial charge in [0.25, 0.3) is 0 Å². The maximum Gasteiger partial charge on any atom is 0.243 e. The van der Waals surface area contributed by atoms with E-state index in [0.29, 0.717) is 18.8 Å². The molecule has 0 aliphatic carbocycles. The fourth-order valence-electron chi connectivity index (χ4n) is 2.07. The predicted molar refractivity (Wildman–Crippen MR) is 84.2 cm³/mol. The van der Waals surface area contributed by atoms with Gasteiger partial charge in [-0.2, -0.15) is 4.80 Å². The van der Waals surface area contributed by atoms with Crippen LogP contribution in [0, 0.1) is 0 Å². The van der Waals surface area contributed by atoms with Crippen LogP contribution < -0.4 is 5.32 Å². The number of carbonyl (C=O) groups is 1. The fraction of sp³-hybridized carbons (Fsp3) is 0.188. The number of pyridine rings is 1. The maximum absolute atomic E-state index is 11.9. The van der Waals surface area contributed by atoms with Crippen LogP contribution in [0.4, 0.5) is 0 Å². The molecular weight excluding hydrogens is 292 g/mol. The number of rotatable bonds is 6. The molecule has 3 rings (SSSR count). The van der Waals surface area contributed by atoms with Crippen molar-refractivity contribution in [2.45, 2.75) is 13.0 Å². The topological polar surface area (TPSA) is 85.6 Å². The highest BCUT2D eigenvalue weighted by Crippen LogP contribution is 2.11. The zero-order valence-corrected chi connectivity index (χ0v) is 12.5. The molecule has 0 atom stereocenters. The van der Waals surface area contributed by atoms with Crippen molar-refractivity contribution in [2.24, 2.45) is 0 Å². The van der Waals surface area contributed by atoms with E-state index in [0.717, 1.165) is 11.3 Å². The zero-order valence-electron chi connectivity index (χ0n) is 12.5. The van der Waals surface area contributed by atoms with Crippen molar-refractivity contribution in [3.63, 3.8) is 0 Å². The highest BCUT2D eigenvalue weighted by molar-refractivity contribution is 5.75. The Labute approximate surface area is 133 Å². The molecule has 23 heavy (non-hydrogen) atoms. The van der Waals surface area contributed by atoms with E-state index in [4.69, 9.17) is 0 Å². The first-order valence-corrected chi connectivity index (χ1v) is 7.31. The Balaban J connectivity index is 1.49. The molecule has 7 nitrogen and oxygen atoms in total. The summed E-state index contributed by atoms with van der Waals surface area (Å²) in [5.41, 5.74) is 1.81. The summed E-state index contributed by atoms with van der Waals surface area (Å²) in [6.07, 6.45) is 2.42. The number of tetrazole rings is 1. The summed E-state index contributed by atoms with van der Waals surface area (Å²) in [6, 6.07) is 15.2. The quantitative estimate of drug-likeness (QED) is 0.737. The molecule has 0 unspecified atom stereocenters. The largest absolute Gasteiger partial charge is 0.354 e. The van der Waals surface area contributed by atoms with Gasteiger partial charge in [0.05, 0.1) is 0 Å². The average molecular weight is 308 g/mol. The van der Waals surface area contributed by atoms with E-state index in [-0.39, 0.29) is 12.5 Å². The molecule has 3 aromatic rings. The van der Waals surface area contributed by atoms with Crippen LogP contribution in [0.25, 0.3) is 11.4 Å². The monoisotopic (exact) mass is 308 g/mol. The molecule has 7 heteroatoms. The van der Waals surface area contributed by atoms with Crippen LogP contribution in [0.15, 0.2) is 54.7 Å². The minimum absolute atomic E-state index is 0.0437. The van der Waals surface area contributed by atoms with Crippen molar-refractivity contribution >= 4 is 5.91 Å². The summed E-state index contributed by atoms with van der Waals surface area (Å²) in [5.74, 6) is 0.352. The highest BCUT2D eigenvalue weighted by atomic mass is 16.2. The first kappa shape index (κ1) is 14.8. The molecule has 0 aliphatic heterocycles. The van der Waals surface area contributed by atoms with Gasteiger partial charge in [0, 0.05) is 30.4 Å². The molecule has 1 N–H and O–H groups in total.